The number of methoxy groups -OCH3 is 1. The molecule has 0 saturated carbocycles. The Morgan fingerprint density at radius 1 is 1.38 bits per heavy atom. The van der Waals surface area contributed by atoms with Crippen molar-refractivity contribution in [1.82, 2.24) is 5.32 Å². The fourth-order valence-corrected chi connectivity index (χ4v) is 3.94. The van der Waals surface area contributed by atoms with Crippen LogP contribution in [-0.2, 0) is 11.3 Å². The van der Waals surface area contributed by atoms with Gasteiger partial charge in [0.15, 0.2) is 0 Å². The van der Waals surface area contributed by atoms with Crippen molar-refractivity contribution in [3.63, 3.8) is 0 Å². The molecule has 0 aromatic heterocycles. The van der Waals surface area contributed by atoms with E-state index in [9.17, 15) is 4.79 Å². The third-order valence-corrected chi connectivity index (χ3v) is 5.41. The van der Waals surface area contributed by atoms with Gasteiger partial charge in [-0.2, -0.15) is 0 Å². The van der Waals surface area contributed by atoms with Crippen molar-refractivity contribution in [3.05, 3.63) is 35.9 Å². The van der Waals surface area contributed by atoms with Crippen molar-refractivity contribution in [3.8, 4) is 5.75 Å². The lowest BCUT2D eigenvalue weighted by Gasteiger charge is -2.10. The van der Waals surface area contributed by atoms with Crippen LogP contribution in [0.4, 0.5) is 0 Å². The van der Waals surface area contributed by atoms with Crippen molar-refractivity contribution >= 4 is 38.2 Å². The predicted octanol–water partition coefficient (Wildman–Crippen LogP) is 5.67. The number of thiol groups is 1. The minimum atomic E-state index is 0.103. The first kappa shape index (κ1) is 21.3. The van der Waals surface area contributed by atoms with Gasteiger partial charge in [0.25, 0.3) is 0 Å². The summed E-state index contributed by atoms with van der Waals surface area (Å²) >= 11 is 4.14. The third-order valence-electron chi connectivity index (χ3n) is 3.39. The minimum Gasteiger partial charge on any atom is -0.496 e. The molecule has 0 saturated heterocycles. The number of nitrogens with one attached hydrogen (secondary N) is 1. The molecule has 0 spiro atoms. The van der Waals surface area contributed by atoms with E-state index in [0.29, 0.717) is 18.9 Å². The third kappa shape index (κ3) is 8.94. The van der Waals surface area contributed by atoms with Crippen LogP contribution in [0.3, 0.4) is 0 Å². The Labute approximate surface area is 158 Å². The second-order valence-electron chi connectivity index (χ2n) is 5.84. The summed E-state index contributed by atoms with van der Waals surface area (Å²) in [4.78, 5) is 12.9. The van der Waals surface area contributed by atoms with E-state index in [-0.39, 0.29) is 5.91 Å². The average Bonchev–Trinajstić information content (AvgIpc) is 2.57. The van der Waals surface area contributed by atoms with Crippen LogP contribution in [-0.4, -0.2) is 13.0 Å². The number of amides is 1. The van der Waals surface area contributed by atoms with E-state index < -0.39 is 0 Å². The van der Waals surface area contributed by atoms with Gasteiger partial charge in [-0.15, -0.1) is 0 Å². The summed E-state index contributed by atoms with van der Waals surface area (Å²) < 4.78 is 5.38. The number of unbranched alkanes of at least 4 members (excludes halogenated alkanes) is 2. The van der Waals surface area contributed by atoms with Crippen LogP contribution in [0.2, 0.25) is 0 Å². The summed E-state index contributed by atoms with van der Waals surface area (Å²) in [6.45, 7) is 4.87. The van der Waals surface area contributed by atoms with E-state index >= 15 is 0 Å². The maximum Gasteiger partial charge on any atom is 0.220 e. The lowest BCUT2D eigenvalue weighted by Crippen LogP contribution is -2.22. The van der Waals surface area contributed by atoms with Crippen LogP contribution in [0.1, 0.15) is 45.1 Å². The molecule has 0 aliphatic carbocycles. The van der Waals surface area contributed by atoms with Crippen molar-refractivity contribution in [1.29, 1.82) is 0 Å². The smallest absolute Gasteiger partial charge is 0.220 e. The molecular weight excluding hydrogens is 358 g/mol. The molecule has 134 valence electrons. The van der Waals surface area contributed by atoms with Crippen LogP contribution < -0.4 is 10.1 Å². The number of carbonyl (C=O) groups is 1. The Balaban J connectivity index is 2.31. The largest absolute Gasteiger partial charge is 0.496 e. The molecule has 1 amide bonds. The summed E-state index contributed by atoms with van der Waals surface area (Å²) in [5.74, 6) is 1.51. The molecule has 0 unspecified atom stereocenters. The molecule has 1 aromatic carbocycles. The number of allylic oxidation sites excluding steroid dienone is 2. The lowest BCUT2D eigenvalue weighted by atomic mass is 10.1. The van der Waals surface area contributed by atoms with E-state index in [2.05, 4.69) is 43.0 Å². The maximum atomic E-state index is 11.9. The van der Waals surface area contributed by atoms with Gasteiger partial charge < -0.3 is 10.1 Å². The second kappa shape index (κ2) is 12.6. The van der Waals surface area contributed by atoms with E-state index in [1.165, 1.54) is 9.83 Å². The number of hydrogen-bond donors (Lipinski definition) is 2. The fourth-order valence-electron chi connectivity index (χ4n) is 2.14. The molecule has 0 heterocycles. The summed E-state index contributed by atoms with van der Waals surface area (Å²) in [7, 11) is 4.57. The van der Waals surface area contributed by atoms with Gasteiger partial charge in [0.05, 0.1) is 12.0 Å². The van der Waals surface area contributed by atoms with E-state index in [1.54, 1.807) is 17.9 Å². The van der Waals surface area contributed by atoms with Crippen molar-refractivity contribution < 1.29 is 9.53 Å². The summed E-state index contributed by atoms with van der Waals surface area (Å²) in [5, 5.41) is 2.97. The molecule has 1 aromatic rings. The quantitative estimate of drug-likeness (QED) is 0.223. The van der Waals surface area contributed by atoms with Crippen LogP contribution in [0.15, 0.2) is 35.2 Å². The van der Waals surface area contributed by atoms with Gasteiger partial charge in [-0.25, -0.2) is 0 Å². The molecule has 0 atom stereocenters. The first-order valence-corrected chi connectivity index (χ1v) is 11.4. The normalized spacial score (nSPS) is 11.2. The Morgan fingerprint density at radius 3 is 2.83 bits per heavy atom. The van der Waals surface area contributed by atoms with Gasteiger partial charge in [0.2, 0.25) is 5.91 Å². The van der Waals surface area contributed by atoms with Gasteiger partial charge in [0.1, 0.15) is 5.75 Å². The number of rotatable bonds is 11. The zero-order valence-corrected chi connectivity index (χ0v) is 17.1. The Hall–Kier alpha value is -0.720. The summed E-state index contributed by atoms with van der Waals surface area (Å²) in [6.07, 6.45) is 8.02. The Kier molecular flexibility index (Phi) is 11.2. The van der Waals surface area contributed by atoms with Gasteiger partial charge in [-0.3, -0.25) is 4.79 Å². The highest BCUT2D eigenvalue weighted by Gasteiger charge is 2.06. The molecule has 0 fully saturated rings. The van der Waals surface area contributed by atoms with Crippen molar-refractivity contribution in [2.45, 2.75) is 51.0 Å². The SMILES string of the molecule is COc1cc(CNC(=O)CCCCC=CC(C)C)ccc1SSS. The standard InChI is InChI=1S/C18H27NO2S3/c1-14(2)8-6-4-5-7-9-18(20)19-13-15-10-11-17(23-24-22)16(12-15)21-3/h6,8,10-12,14,22H,4-5,7,9,13H2,1-3H3,(H,19,20). The van der Waals surface area contributed by atoms with Gasteiger partial charge in [0, 0.05) is 13.0 Å². The molecule has 0 aliphatic heterocycles. The van der Waals surface area contributed by atoms with Crippen LogP contribution in [0.5, 0.6) is 5.75 Å². The number of benzene rings is 1. The maximum absolute atomic E-state index is 11.9. The van der Waals surface area contributed by atoms with Gasteiger partial charge in [-0.1, -0.05) is 43.7 Å². The molecule has 0 aliphatic rings. The highest BCUT2D eigenvalue weighted by atomic mass is 33.5. The van der Waals surface area contributed by atoms with E-state index in [4.69, 9.17) is 4.74 Å². The molecular formula is C18H27NO2S3. The first-order chi connectivity index (χ1) is 11.6. The molecule has 0 radical (unpaired) electrons. The zero-order chi connectivity index (χ0) is 17.8. The van der Waals surface area contributed by atoms with Crippen LogP contribution in [0.25, 0.3) is 0 Å². The average molecular weight is 386 g/mol. The van der Waals surface area contributed by atoms with E-state index in [0.717, 1.165) is 35.5 Å². The van der Waals surface area contributed by atoms with Crippen LogP contribution in [0, 0.1) is 5.92 Å². The highest BCUT2D eigenvalue weighted by molar-refractivity contribution is 9.05. The second-order valence-corrected chi connectivity index (χ2v) is 8.88. The van der Waals surface area contributed by atoms with Crippen molar-refractivity contribution in [2.75, 3.05) is 7.11 Å². The predicted molar refractivity (Wildman–Crippen MR) is 110 cm³/mol. The number of ether oxygens (including phenoxy) is 1. The molecule has 3 nitrogen and oxygen atoms in total. The summed E-state index contributed by atoms with van der Waals surface area (Å²) in [6, 6.07) is 5.96. The Bertz CT molecular complexity index is 533. The molecule has 1 N–H and O–H groups in total. The van der Waals surface area contributed by atoms with Gasteiger partial charge >= 0.3 is 0 Å². The number of hydrogen-bond acceptors (Lipinski definition) is 5. The first-order valence-electron chi connectivity index (χ1n) is 8.15. The molecule has 1 rings (SSSR count). The van der Waals surface area contributed by atoms with E-state index in [1.807, 2.05) is 18.2 Å². The Morgan fingerprint density at radius 2 is 2.17 bits per heavy atom. The molecule has 6 heteroatoms. The highest BCUT2D eigenvalue weighted by Crippen LogP contribution is 2.39. The topological polar surface area (TPSA) is 38.3 Å². The fraction of sp³-hybridized carbons (Fsp3) is 0.500. The van der Waals surface area contributed by atoms with Crippen LogP contribution >= 0.6 is 32.3 Å². The summed E-state index contributed by atoms with van der Waals surface area (Å²) in [5.41, 5.74) is 1.04. The molecule has 24 heavy (non-hydrogen) atoms. The zero-order valence-electron chi connectivity index (χ0n) is 14.6. The van der Waals surface area contributed by atoms with Crippen molar-refractivity contribution in [2.24, 2.45) is 5.92 Å². The molecule has 0 bridgehead atoms. The lowest BCUT2D eigenvalue weighted by molar-refractivity contribution is -0.121. The monoisotopic (exact) mass is 385 g/mol. The number of carbonyl (C=O) groups excluding carboxylic acids is 1. The minimum absolute atomic E-state index is 0.103. The van der Waals surface area contributed by atoms with Gasteiger partial charge in [-0.05, 0) is 63.5 Å².